The standard InChI is InChI=1S/C28H40O2/c1-17(2)18(3)7-8-19(4)22-9-10-23-21-16-26(30)25-15-20(29)11-13-28(25,6)24(21)12-14-27(22,23)5/h7-8,15-19,22-24H,9-14H2,1-6H3/t18-,19+,22+,23-,24-,27+,28+/m0/s1. The first-order chi connectivity index (χ1) is 14.1. The summed E-state index contributed by atoms with van der Waals surface area (Å²) in [7, 11) is 0. The summed E-state index contributed by atoms with van der Waals surface area (Å²) in [5.74, 6) is 3.78. The van der Waals surface area contributed by atoms with E-state index in [2.05, 4.69) is 53.7 Å². The van der Waals surface area contributed by atoms with Crippen molar-refractivity contribution in [1.82, 2.24) is 0 Å². The fourth-order valence-electron chi connectivity index (χ4n) is 7.35. The smallest absolute Gasteiger partial charge is 0.182 e. The molecule has 2 fully saturated rings. The molecule has 2 nitrogen and oxygen atoms in total. The second-order valence-corrected chi connectivity index (χ2v) is 11.6. The second kappa shape index (κ2) is 7.61. The third-order valence-electron chi connectivity index (χ3n) is 9.73. The summed E-state index contributed by atoms with van der Waals surface area (Å²) in [6.45, 7) is 14.1. The van der Waals surface area contributed by atoms with E-state index in [0.29, 0.717) is 41.9 Å². The van der Waals surface area contributed by atoms with Gasteiger partial charge < -0.3 is 0 Å². The van der Waals surface area contributed by atoms with E-state index in [1.165, 1.54) is 24.8 Å². The lowest BCUT2D eigenvalue weighted by atomic mass is 9.49. The molecule has 2 heteroatoms. The number of hydrogen-bond acceptors (Lipinski definition) is 2. The Balaban J connectivity index is 1.62. The van der Waals surface area contributed by atoms with E-state index < -0.39 is 0 Å². The molecule has 0 amide bonds. The number of allylic oxidation sites excluding steroid dienone is 6. The van der Waals surface area contributed by atoms with Gasteiger partial charge >= 0.3 is 0 Å². The van der Waals surface area contributed by atoms with Gasteiger partial charge in [-0.2, -0.15) is 0 Å². The van der Waals surface area contributed by atoms with Gasteiger partial charge in [0, 0.05) is 17.4 Å². The van der Waals surface area contributed by atoms with Crippen molar-refractivity contribution >= 4 is 11.6 Å². The van der Waals surface area contributed by atoms with Gasteiger partial charge in [-0.1, -0.05) is 59.3 Å². The zero-order chi connectivity index (χ0) is 21.8. The Kier molecular flexibility index (Phi) is 5.52. The summed E-state index contributed by atoms with van der Waals surface area (Å²) < 4.78 is 0. The van der Waals surface area contributed by atoms with Gasteiger partial charge in [0.1, 0.15) is 0 Å². The largest absolute Gasteiger partial charge is 0.295 e. The molecule has 0 aromatic heterocycles. The van der Waals surface area contributed by atoms with Crippen molar-refractivity contribution in [3.63, 3.8) is 0 Å². The Morgan fingerprint density at radius 1 is 0.933 bits per heavy atom. The van der Waals surface area contributed by atoms with Crippen LogP contribution in [-0.2, 0) is 9.59 Å². The quantitative estimate of drug-likeness (QED) is 0.484. The Hall–Kier alpha value is -1.44. The van der Waals surface area contributed by atoms with Crippen LogP contribution in [0.25, 0.3) is 0 Å². The Labute approximate surface area is 183 Å². The predicted molar refractivity (Wildman–Crippen MR) is 123 cm³/mol. The minimum Gasteiger partial charge on any atom is -0.295 e. The monoisotopic (exact) mass is 408 g/mol. The lowest BCUT2D eigenvalue weighted by Crippen LogP contribution is -2.48. The highest BCUT2D eigenvalue weighted by atomic mass is 16.1. The number of ketones is 2. The van der Waals surface area contributed by atoms with Crippen LogP contribution in [-0.4, -0.2) is 11.6 Å². The van der Waals surface area contributed by atoms with E-state index in [9.17, 15) is 9.59 Å². The lowest BCUT2D eigenvalue weighted by molar-refractivity contribution is -0.119. The topological polar surface area (TPSA) is 34.1 Å². The summed E-state index contributed by atoms with van der Waals surface area (Å²) >= 11 is 0. The van der Waals surface area contributed by atoms with E-state index in [4.69, 9.17) is 0 Å². The van der Waals surface area contributed by atoms with Crippen LogP contribution < -0.4 is 0 Å². The van der Waals surface area contributed by atoms with E-state index in [1.54, 1.807) is 6.08 Å². The predicted octanol–water partition coefficient (Wildman–Crippen LogP) is 6.72. The van der Waals surface area contributed by atoms with Crippen molar-refractivity contribution in [2.45, 2.75) is 80.1 Å². The number of fused-ring (bicyclic) bond motifs is 5. The highest BCUT2D eigenvalue weighted by Crippen LogP contribution is 2.65. The molecule has 0 spiro atoms. The summed E-state index contributed by atoms with van der Waals surface area (Å²) in [5.41, 5.74) is 2.38. The zero-order valence-electron chi connectivity index (χ0n) is 19.8. The van der Waals surface area contributed by atoms with Crippen molar-refractivity contribution in [3.05, 3.63) is 35.5 Å². The SMILES string of the molecule is CC(C)[C@@H](C)C=C[C@@H](C)[C@H]1CC[C@H]2C3=CC(=O)C4=CC(=O)CC[C@]4(C)[C@H]3CC[C@]12C. The molecule has 0 saturated heterocycles. The molecule has 164 valence electrons. The third-order valence-corrected chi connectivity index (χ3v) is 9.73. The second-order valence-electron chi connectivity index (χ2n) is 11.6. The molecule has 0 aromatic rings. The normalized spacial score (nSPS) is 40.6. The molecule has 4 aliphatic rings. The molecule has 0 aromatic carbocycles. The molecule has 0 aliphatic heterocycles. The van der Waals surface area contributed by atoms with Crippen LogP contribution in [0, 0.1) is 46.3 Å². The van der Waals surface area contributed by atoms with Crippen molar-refractivity contribution < 1.29 is 9.59 Å². The molecule has 0 bridgehead atoms. The summed E-state index contributed by atoms with van der Waals surface area (Å²) in [5, 5.41) is 0. The zero-order valence-corrected chi connectivity index (χ0v) is 19.8. The van der Waals surface area contributed by atoms with Crippen LogP contribution in [0.2, 0.25) is 0 Å². The first kappa shape index (κ1) is 21.8. The first-order valence-electron chi connectivity index (χ1n) is 12.3. The summed E-state index contributed by atoms with van der Waals surface area (Å²) in [6, 6.07) is 0. The van der Waals surface area contributed by atoms with E-state index in [1.807, 2.05) is 6.08 Å². The van der Waals surface area contributed by atoms with Gasteiger partial charge in [0.15, 0.2) is 11.6 Å². The molecule has 2 saturated carbocycles. The molecule has 0 unspecified atom stereocenters. The molecule has 0 N–H and O–H groups in total. The van der Waals surface area contributed by atoms with Gasteiger partial charge in [-0.05, 0) is 85.2 Å². The van der Waals surface area contributed by atoms with Crippen molar-refractivity contribution in [3.8, 4) is 0 Å². The van der Waals surface area contributed by atoms with E-state index >= 15 is 0 Å². The molecule has 0 heterocycles. The molecule has 4 aliphatic carbocycles. The van der Waals surface area contributed by atoms with Gasteiger partial charge in [0.2, 0.25) is 0 Å². The maximum Gasteiger partial charge on any atom is 0.182 e. The average Bonchev–Trinajstić information content (AvgIpc) is 3.04. The minimum atomic E-state index is -0.132. The highest BCUT2D eigenvalue weighted by molar-refractivity contribution is 6.11. The molecule has 7 atom stereocenters. The Morgan fingerprint density at radius 3 is 2.37 bits per heavy atom. The first-order valence-corrected chi connectivity index (χ1v) is 12.3. The van der Waals surface area contributed by atoms with E-state index in [0.717, 1.165) is 18.4 Å². The van der Waals surface area contributed by atoms with Crippen LogP contribution in [0.5, 0.6) is 0 Å². The summed E-state index contributed by atoms with van der Waals surface area (Å²) in [6.07, 6.45) is 14.8. The van der Waals surface area contributed by atoms with Gasteiger partial charge in [-0.25, -0.2) is 0 Å². The third kappa shape index (κ3) is 3.30. The molecule has 4 rings (SSSR count). The minimum absolute atomic E-state index is 0.114. The van der Waals surface area contributed by atoms with E-state index in [-0.39, 0.29) is 22.4 Å². The van der Waals surface area contributed by atoms with Crippen LogP contribution in [0.4, 0.5) is 0 Å². The summed E-state index contributed by atoms with van der Waals surface area (Å²) in [4.78, 5) is 25.1. The number of carbonyl (C=O) groups is 2. The van der Waals surface area contributed by atoms with Gasteiger partial charge in [-0.15, -0.1) is 0 Å². The maximum atomic E-state index is 13.1. The van der Waals surface area contributed by atoms with Gasteiger partial charge in [0.05, 0.1) is 0 Å². The fourth-order valence-corrected chi connectivity index (χ4v) is 7.35. The molecular weight excluding hydrogens is 368 g/mol. The van der Waals surface area contributed by atoms with Crippen molar-refractivity contribution in [1.29, 1.82) is 0 Å². The average molecular weight is 409 g/mol. The maximum absolute atomic E-state index is 13.1. The van der Waals surface area contributed by atoms with Gasteiger partial charge in [-0.3, -0.25) is 9.59 Å². The van der Waals surface area contributed by atoms with Crippen LogP contribution in [0.1, 0.15) is 80.1 Å². The number of hydrogen-bond donors (Lipinski definition) is 0. The number of carbonyl (C=O) groups excluding carboxylic acids is 2. The fraction of sp³-hybridized carbons (Fsp3) is 0.714. The molecule has 30 heavy (non-hydrogen) atoms. The molecular formula is C28H40O2. The van der Waals surface area contributed by atoms with Gasteiger partial charge in [0.25, 0.3) is 0 Å². The van der Waals surface area contributed by atoms with Crippen molar-refractivity contribution in [2.24, 2.45) is 46.3 Å². The van der Waals surface area contributed by atoms with Crippen LogP contribution in [0.15, 0.2) is 35.5 Å². The number of rotatable bonds is 4. The van der Waals surface area contributed by atoms with Crippen LogP contribution >= 0.6 is 0 Å². The lowest BCUT2D eigenvalue weighted by Gasteiger charge is -2.54. The Bertz CT molecular complexity index is 828. The van der Waals surface area contributed by atoms with Crippen LogP contribution in [0.3, 0.4) is 0 Å². The highest BCUT2D eigenvalue weighted by Gasteiger charge is 2.58. The molecule has 0 radical (unpaired) electrons. The van der Waals surface area contributed by atoms with Crippen molar-refractivity contribution in [2.75, 3.05) is 0 Å². The Morgan fingerprint density at radius 2 is 1.67 bits per heavy atom.